The van der Waals surface area contributed by atoms with Crippen LogP contribution in [0.2, 0.25) is 0 Å². The number of alkyl halides is 6. The molecular formula is C17H19F6N4OY-. The van der Waals surface area contributed by atoms with Gasteiger partial charge in [-0.05, 0) is 50.7 Å². The van der Waals surface area contributed by atoms with Crippen LogP contribution in [0.15, 0.2) is 18.2 Å². The number of nitrogens with one attached hydrogen (secondary N) is 2. The Balaban J connectivity index is 0.00000300. The molecule has 1 aromatic rings. The van der Waals surface area contributed by atoms with Gasteiger partial charge < -0.3 is 15.1 Å². The molecule has 0 aliphatic carbocycles. The fourth-order valence-corrected chi connectivity index (χ4v) is 3.49. The van der Waals surface area contributed by atoms with Crippen molar-refractivity contribution in [1.29, 1.82) is 0 Å². The second kappa shape index (κ2) is 9.40. The number of halogens is 6. The quantitative estimate of drug-likeness (QED) is 0.381. The van der Waals surface area contributed by atoms with E-state index < -0.39 is 35.1 Å². The smallest absolute Gasteiger partial charge is 0.416 e. The second-order valence-corrected chi connectivity index (χ2v) is 6.86. The molecule has 2 heterocycles. The minimum Gasteiger partial charge on any atom is -0.430 e. The zero-order chi connectivity index (χ0) is 20.5. The van der Waals surface area contributed by atoms with Crippen molar-refractivity contribution in [1.82, 2.24) is 15.2 Å². The maximum Gasteiger partial charge on any atom is 0.416 e. The molecule has 1 atom stereocenters. The molecule has 0 saturated carbocycles. The predicted molar refractivity (Wildman–Crippen MR) is 88.7 cm³/mol. The van der Waals surface area contributed by atoms with Gasteiger partial charge in [0.05, 0.1) is 16.8 Å². The Morgan fingerprint density at radius 2 is 1.62 bits per heavy atom. The van der Waals surface area contributed by atoms with Gasteiger partial charge in [0, 0.05) is 45.3 Å². The average Bonchev–Trinajstić information content (AvgIpc) is 3.06. The topological polar surface area (TPSA) is 47.6 Å². The van der Waals surface area contributed by atoms with E-state index in [1.54, 1.807) is 4.90 Å². The van der Waals surface area contributed by atoms with Crippen LogP contribution in [0.4, 0.5) is 32.0 Å². The number of anilines is 1. The minimum absolute atomic E-state index is 0. The number of benzene rings is 1. The Kier molecular flexibility index (Phi) is 7.86. The first-order valence-electron chi connectivity index (χ1n) is 8.71. The number of rotatable bonds is 4. The number of hydrogen-bond acceptors (Lipinski definition) is 4. The molecule has 1 aromatic carbocycles. The van der Waals surface area contributed by atoms with Gasteiger partial charge in [0.15, 0.2) is 0 Å². The molecule has 5 nitrogen and oxygen atoms in total. The summed E-state index contributed by atoms with van der Waals surface area (Å²) in [6.07, 6.45) is -7.76. The Labute approximate surface area is 189 Å². The van der Waals surface area contributed by atoms with Gasteiger partial charge in [0.25, 0.3) is 0 Å². The number of piperazine rings is 1. The molecule has 2 aliphatic heterocycles. The summed E-state index contributed by atoms with van der Waals surface area (Å²) in [6, 6.07) is 1.41. The molecule has 0 unspecified atom stereocenters. The van der Waals surface area contributed by atoms with Crippen LogP contribution in [0.3, 0.4) is 0 Å². The number of carbonyl (C=O) groups is 1. The number of fused-ring (bicyclic) bond motifs is 1. The number of hydrogen-bond donors (Lipinski definition) is 2. The molecule has 0 aromatic heterocycles. The van der Waals surface area contributed by atoms with Gasteiger partial charge in [0.2, 0.25) is 0 Å². The fourth-order valence-electron chi connectivity index (χ4n) is 3.49. The normalized spacial score (nSPS) is 20.6. The summed E-state index contributed by atoms with van der Waals surface area (Å²) in [5.41, 5.74) is 0.841. The molecule has 1 amide bonds. The van der Waals surface area contributed by atoms with Gasteiger partial charge in [0.1, 0.15) is 5.91 Å². The molecule has 3 rings (SSSR count). The third kappa shape index (κ3) is 6.47. The summed E-state index contributed by atoms with van der Waals surface area (Å²) in [5.74, 6) is -0.655. The summed E-state index contributed by atoms with van der Waals surface area (Å²) >= 11 is 0. The van der Waals surface area contributed by atoms with Crippen molar-refractivity contribution in [3.63, 3.8) is 0 Å². The van der Waals surface area contributed by atoms with Crippen molar-refractivity contribution in [3.05, 3.63) is 35.9 Å². The van der Waals surface area contributed by atoms with Crippen molar-refractivity contribution >= 4 is 11.6 Å². The van der Waals surface area contributed by atoms with Gasteiger partial charge in [-0.3, -0.25) is 10.3 Å². The Bertz CT molecular complexity index is 695. The molecule has 0 spiro atoms. The molecule has 2 aliphatic rings. The Hall–Kier alpha value is -1.04. The van der Waals surface area contributed by atoms with Crippen molar-refractivity contribution in [3.8, 4) is 0 Å². The third-order valence-electron chi connectivity index (χ3n) is 4.84. The Morgan fingerprint density at radius 3 is 2.21 bits per heavy atom. The van der Waals surface area contributed by atoms with Crippen molar-refractivity contribution in [2.24, 2.45) is 0 Å². The molecule has 2 fully saturated rings. The zero-order valence-corrected chi connectivity index (χ0v) is 18.1. The molecule has 2 saturated heterocycles. The molecule has 2 N–H and O–H groups in total. The van der Waals surface area contributed by atoms with E-state index in [0.29, 0.717) is 31.3 Å². The molecular weight excluding hydrogens is 479 g/mol. The van der Waals surface area contributed by atoms with Crippen LogP contribution in [0.1, 0.15) is 24.0 Å². The number of nitrogens with zero attached hydrogens (tertiary/aromatic N) is 2. The fraction of sp³-hybridized carbons (Fsp3) is 0.529. The van der Waals surface area contributed by atoms with Crippen LogP contribution in [-0.4, -0.2) is 47.9 Å². The van der Waals surface area contributed by atoms with Crippen LogP contribution < -0.4 is 10.9 Å². The van der Waals surface area contributed by atoms with Crippen LogP contribution >= 0.6 is 0 Å². The van der Waals surface area contributed by atoms with Gasteiger partial charge in [-0.2, -0.15) is 26.3 Å². The number of hydrazine groups is 1. The molecule has 0 bridgehead atoms. The van der Waals surface area contributed by atoms with Crippen LogP contribution in [0.5, 0.6) is 0 Å². The van der Waals surface area contributed by atoms with E-state index in [2.05, 4.69) is 15.8 Å². The average molecular weight is 498 g/mol. The van der Waals surface area contributed by atoms with Crippen molar-refractivity contribution in [2.45, 2.75) is 31.2 Å². The van der Waals surface area contributed by atoms with Crippen molar-refractivity contribution in [2.75, 3.05) is 31.6 Å². The van der Waals surface area contributed by atoms with Gasteiger partial charge in [-0.1, -0.05) is 0 Å². The van der Waals surface area contributed by atoms with Gasteiger partial charge >= 0.3 is 12.4 Å². The summed E-state index contributed by atoms with van der Waals surface area (Å²) in [7, 11) is 0. The van der Waals surface area contributed by atoms with E-state index in [1.807, 2.05) is 0 Å². The summed E-state index contributed by atoms with van der Waals surface area (Å²) < 4.78 is 77.1. The summed E-state index contributed by atoms with van der Waals surface area (Å²) in [4.78, 5) is 16.1. The van der Waals surface area contributed by atoms with Gasteiger partial charge in [-0.15, -0.1) is 0 Å². The number of carbonyl (C=O) groups excluding carboxylic acids is 1. The van der Waals surface area contributed by atoms with E-state index in [4.69, 9.17) is 0 Å². The monoisotopic (exact) mass is 498 g/mol. The van der Waals surface area contributed by atoms with Crippen LogP contribution in [-0.2, 0) is 49.9 Å². The van der Waals surface area contributed by atoms with E-state index in [1.165, 1.54) is 6.54 Å². The first-order valence-corrected chi connectivity index (χ1v) is 8.71. The first-order chi connectivity index (χ1) is 13.0. The maximum atomic E-state index is 12.9. The third-order valence-corrected chi connectivity index (χ3v) is 4.84. The maximum absolute atomic E-state index is 12.9. The van der Waals surface area contributed by atoms with E-state index in [9.17, 15) is 31.1 Å². The van der Waals surface area contributed by atoms with Crippen molar-refractivity contribution < 1.29 is 63.8 Å². The SMILES string of the molecule is O=C([CH-]N1CCN2CCC[C@@H]2C1)NNc1cc(C(F)(F)F)cc(C(F)(F)F)c1.[Y]. The minimum atomic E-state index is -4.95. The predicted octanol–water partition coefficient (Wildman–Crippen LogP) is 3.11. The zero-order valence-electron chi connectivity index (χ0n) is 15.3. The second-order valence-electron chi connectivity index (χ2n) is 6.86. The molecule has 1 radical (unpaired) electrons. The van der Waals surface area contributed by atoms with E-state index in [-0.39, 0.29) is 38.8 Å². The largest absolute Gasteiger partial charge is 0.430 e. The summed E-state index contributed by atoms with van der Waals surface area (Å²) in [5, 5.41) is 0. The summed E-state index contributed by atoms with van der Waals surface area (Å²) in [6.45, 7) is 4.41. The molecule has 12 heteroatoms. The Morgan fingerprint density at radius 1 is 1.00 bits per heavy atom. The van der Waals surface area contributed by atoms with Crippen LogP contribution in [0, 0.1) is 6.54 Å². The molecule has 159 valence electrons. The van der Waals surface area contributed by atoms with E-state index in [0.717, 1.165) is 25.9 Å². The first kappa shape index (κ1) is 24.2. The molecule has 29 heavy (non-hydrogen) atoms. The van der Waals surface area contributed by atoms with Gasteiger partial charge in [-0.25, -0.2) is 6.54 Å². The van der Waals surface area contributed by atoms with Crippen LogP contribution in [0.25, 0.3) is 0 Å². The standard InChI is InChI=1S/C17H19F6N4O.Y/c18-16(19,20)11-6-12(17(21,22)23)8-13(7-11)24-25-15(28)10-26-4-5-27-3-1-2-14(27)9-26;/h6-8,10,14,24H,1-5,9H2,(H,25,28);/q-1;/t14-;/m1./s1. The number of amides is 1. The van der Waals surface area contributed by atoms with E-state index >= 15 is 0 Å².